The van der Waals surface area contributed by atoms with Gasteiger partial charge in [0.25, 0.3) is 0 Å². The Hall–Kier alpha value is -2.99. The zero-order valence-electron chi connectivity index (χ0n) is 17.9. The largest absolute Gasteiger partial charge is 0.449 e. The van der Waals surface area contributed by atoms with E-state index in [-0.39, 0.29) is 16.5 Å². The van der Waals surface area contributed by atoms with Crippen LogP contribution in [0, 0.1) is 34.6 Å². The molecule has 0 saturated heterocycles. The van der Waals surface area contributed by atoms with Crippen molar-refractivity contribution in [2.75, 3.05) is 0 Å². The van der Waals surface area contributed by atoms with E-state index in [1.165, 1.54) is 0 Å². The number of pyridine rings is 1. The number of rotatable bonds is 5. The zero-order valence-corrected chi connectivity index (χ0v) is 18.7. The van der Waals surface area contributed by atoms with E-state index in [4.69, 9.17) is 16.3 Å². The van der Waals surface area contributed by atoms with Crippen molar-refractivity contribution in [2.24, 2.45) is 0 Å². The Kier molecular flexibility index (Phi) is 6.08. The van der Waals surface area contributed by atoms with Crippen LogP contribution in [0.3, 0.4) is 0 Å². The Bertz CT molecular complexity index is 1150. The maximum atomic E-state index is 12.9. The number of aryl methyl sites for hydroxylation is 5. The van der Waals surface area contributed by atoms with Gasteiger partial charge >= 0.3 is 5.97 Å². The summed E-state index contributed by atoms with van der Waals surface area (Å²) < 4.78 is 7.04. The van der Waals surface area contributed by atoms with E-state index in [0.717, 1.165) is 28.1 Å². The van der Waals surface area contributed by atoms with Gasteiger partial charge in [0.15, 0.2) is 17.6 Å². The molecule has 0 aliphatic carbocycles. The molecule has 0 amide bonds. The normalized spacial score (nSPS) is 12.0. The summed E-state index contributed by atoms with van der Waals surface area (Å²) in [5.41, 5.74) is 5.13. The molecular formula is C23H24ClN3O3. The molecule has 0 aliphatic heterocycles. The topological polar surface area (TPSA) is 74.1 Å². The first-order valence-corrected chi connectivity index (χ1v) is 9.99. The molecule has 1 atom stereocenters. The molecule has 6 nitrogen and oxygen atoms in total. The molecular weight excluding hydrogens is 402 g/mol. The number of ether oxygens (including phenoxy) is 1. The molecule has 0 N–H and O–H groups in total. The fourth-order valence-corrected chi connectivity index (χ4v) is 3.45. The number of Topliss-reactive ketones (excluding diaryl/α,β-unsaturated/α-hetero) is 1. The van der Waals surface area contributed by atoms with E-state index in [0.29, 0.717) is 11.4 Å². The van der Waals surface area contributed by atoms with Crippen LogP contribution in [0.4, 0.5) is 0 Å². The van der Waals surface area contributed by atoms with Crippen LogP contribution in [0.25, 0.3) is 5.82 Å². The number of halogens is 1. The summed E-state index contributed by atoms with van der Waals surface area (Å²) in [5.74, 6) is -0.582. The molecule has 156 valence electrons. The van der Waals surface area contributed by atoms with Gasteiger partial charge in [0, 0.05) is 11.3 Å². The summed E-state index contributed by atoms with van der Waals surface area (Å²) in [7, 11) is 0. The minimum Gasteiger partial charge on any atom is -0.449 e. The van der Waals surface area contributed by atoms with Gasteiger partial charge in [0.05, 0.1) is 10.7 Å². The quantitative estimate of drug-likeness (QED) is 0.429. The number of carbonyl (C=O) groups is 2. The standard InChI is InChI=1S/C23H24ClN3O3/c1-12-9-14(3)18(10-13(12)2)22(28)17(6)30-23(29)21-19(24)7-8-20(25-21)27-16(5)11-15(4)26-27/h7-11,17H,1-6H3. The van der Waals surface area contributed by atoms with Crippen molar-refractivity contribution in [3.8, 4) is 5.82 Å². The Labute approximate surface area is 180 Å². The molecule has 0 spiro atoms. The van der Waals surface area contributed by atoms with E-state index in [1.54, 1.807) is 23.7 Å². The molecule has 1 unspecified atom stereocenters. The lowest BCUT2D eigenvalue weighted by molar-refractivity contribution is 0.0313. The second-order valence-electron chi connectivity index (χ2n) is 7.50. The van der Waals surface area contributed by atoms with Crippen molar-refractivity contribution >= 4 is 23.4 Å². The molecule has 2 heterocycles. The van der Waals surface area contributed by atoms with Gasteiger partial charge in [-0.2, -0.15) is 5.10 Å². The number of nitrogens with zero attached hydrogens (tertiary/aromatic N) is 3. The Morgan fingerprint density at radius 1 is 1.00 bits per heavy atom. The molecule has 3 aromatic rings. The van der Waals surface area contributed by atoms with Gasteiger partial charge in [-0.1, -0.05) is 17.7 Å². The average molecular weight is 426 g/mol. The molecule has 0 radical (unpaired) electrons. The average Bonchev–Trinajstić information content (AvgIpc) is 3.02. The van der Waals surface area contributed by atoms with Crippen molar-refractivity contribution in [3.63, 3.8) is 0 Å². The summed E-state index contributed by atoms with van der Waals surface area (Å²) in [6.07, 6.45) is -0.978. The van der Waals surface area contributed by atoms with Crippen LogP contribution in [0.2, 0.25) is 5.02 Å². The number of esters is 1. The summed E-state index contributed by atoms with van der Waals surface area (Å²) >= 11 is 6.19. The van der Waals surface area contributed by atoms with E-state index in [9.17, 15) is 9.59 Å². The molecule has 0 aliphatic rings. The van der Waals surface area contributed by atoms with E-state index >= 15 is 0 Å². The van der Waals surface area contributed by atoms with Crippen molar-refractivity contribution in [1.29, 1.82) is 0 Å². The van der Waals surface area contributed by atoms with Gasteiger partial charge in [-0.25, -0.2) is 14.5 Å². The maximum absolute atomic E-state index is 12.9. The van der Waals surface area contributed by atoms with E-state index in [2.05, 4.69) is 10.1 Å². The van der Waals surface area contributed by atoms with Crippen molar-refractivity contribution in [1.82, 2.24) is 14.8 Å². The fraction of sp³-hybridized carbons (Fsp3) is 0.304. The first-order valence-electron chi connectivity index (χ1n) is 9.61. The van der Waals surface area contributed by atoms with Crippen LogP contribution in [-0.2, 0) is 4.74 Å². The van der Waals surface area contributed by atoms with Crippen molar-refractivity contribution in [3.05, 3.63) is 74.7 Å². The fourth-order valence-electron chi connectivity index (χ4n) is 3.27. The summed E-state index contributed by atoms with van der Waals surface area (Å²) in [6, 6.07) is 8.92. The van der Waals surface area contributed by atoms with Gasteiger partial charge < -0.3 is 4.74 Å². The van der Waals surface area contributed by atoms with Crippen LogP contribution < -0.4 is 0 Å². The Morgan fingerprint density at radius 3 is 2.30 bits per heavy atom. The molecule has 0 bridgehead atoms. The molecule has 30 heavy (non-hydrogen) atoms. The third kappa shape index (κ3) is 4.28. The summed E-state index contributed by atoms with van der Waals surface area (Å²) in [4.78, 5) is 29.9. The number of carbonyl (C=O) groups excluding carboxylic acids is 2. The molecule has 0 saturated carbocycles. The smallest absolute Gasteiger partial charge is 0.359 e. The number of benzene rings is 1. The first kappa shape index (κ1) is 21.7. The highest BCUT2D eigenvalue weighted by molar-refractivity contribution is 6.33. The third-order valence-electron chi connectivity index (χ3n) is 5.01. The lowest BCUT2D eigenvalue weighted by atomic mass is 9.96. The monoisotopic (exact) mass is 425 g/mol. The SMILES string of the molecule is Cc1cc(C)n(-c2ccc(Cl)c(C(=O)OC(C)C(=O)c3cc(C)c(C)cc3C)n2)n1. The summed E-state index contributed by atoms with van der Waals surface area (Å²) in [6.45, 7) is 11.1. The number of ketones is 1. The lowest BCUT2D eigenvalue weighted by Gasteiger charge is -2.15. The van der Waals surface area contributed by atoms with Crippen LogP contribution in [0.5, 0.6) is 0 Å². The van der Waals surface area contributed by atoms with Crippen LogP contribution in [0.1, 0.15) is 55.8 Å². The third-order valence-corrected chi connectivity index (χ3v) is 5.32. The highest BCUT2D eigenvalue weighted by atomic mass is 35.5. The van der Waals surface area contributed by atoms with Gasteiger partial charge in [0.2, 0.25) is 5.78 Å². The Balaban J connectivity index is 1.85. The maximum Gasteiger partial charge on any atom is 0.359 e. The van der Waals surface area contributed by atoms with Gasteiger partial charge in [-0.05, 0) is 82.5 Å². The second-order valence-corrected chi connectivity index (χ2v) is 7.91. The van der Waals surface area contributed by atoms with E-state index < -0.39 is 12.1 Å². The van der Waals surface area contributed by atoms with Gasteiger partial charge in [0.1, 0.15) is 0 Å². The molecule has 0 fully saturated rings. The predicted molar refractivity (Wildman–Crippen MR) is 116 cm³/mol. The van der Waals surface area contributed by atoms with E-state index in [1.807, 2.05) is 52.8 Å². The highest BCUT2D eigenvalue weighted by Crippen LogP contribution is 2.21. The van der Waals surface area contributed by atoms with Crippen LogP contribution in [0.15, 0.2) is 30.3 Å². The van der Waals surface area contributed by atoms with Gasteiger partial charge in [-0.15, -0.1) is 0 Å². The molecule has 2 aromatic heterocycles. The van der Waals surface area contributed by atoms with Crippen LogP contribution in [-0.4, -0.2) is 32.6 Å². The van der Waals surface area contributed by atoms with Crippen molar-refractivity contribution in [2.45, 2.75) is 47.6 Å². The van der Waals surface area contributed by atoms with Gasteiger partial charge in [-0.3, -0.25) is 4.79 Å². The van der Waals surface area contributed by atoms with Crippen LogP contribution >= 0.6 is 11.6 Å². The molecule has 3 rings (SSSR count). The summed E-state index contributed by atoms with van der Waals surface area (Å²) in [5, 5.41) is 4.51. The lowest BCUT2D eigenvalue weighted by Crippen LogP contribution is -2.26. The minimum atomic E-state index is -0.978. The number of aromatic nitrogens is 3. The Morgan fingerprint density at radius 2 is 1.67 bits per heavy atom. The second kappa shape index (κ2) is 8.40. The molecule has 7 heteroatoms. The minimum absolute atomic E-state index is 0.0572. The number of hydrogen-bond acceptors (Lipinski definition) is 5. The first-order chi connectivity index (χ1) is 14.1. The molecule has 1 aromatic carbocycles. The highest BCUT2D eigenvalue weighted by Gasteiger charge is 2.25. The zero-order chi connectivity index (χ0) is 22.2. The van der Waals surface area contributed by atoms with Crippen molar-refractivity contribution < 1.29 is 14.3 Å². The number of hydrogen-bond donors (Lipinski definition) is 0. The predicted octanol–water partition coefficient (Wildman–Crippen LogP) is 4.89.